The van der Waals surface area contributed by atoms with Crippen LogP contribution in [0.15, 0.2) is 28.7 Å². The van der Waals surface area contributed by atoms with E-state index in [1.54, 1.807) is 0 Å². The van der Waals surface area contributed by atoms with Gasteiger partial charge in [0.1, 0.15) is 11.3 Å². The maximum Gasteiger partial charge on any atom is 0.134 e. The highest BCUT2D eigenvalue weighted by Crippen LogP contribution is 2.35. The largest absolute Gasteiger partial charge is 0.459 e. The van der Waals surface area contributed by atoms with Crippen LogP contribution in [0.5, 0.6) is 0 Å². The summed E-state index contributed by atoms with van der Waals surface area (Å²) in [6.07, 6.45) is 3.64. The molecule has 2 heteroatoms. The van der Waals surface area contributed by atoms with Crippen molar-refractivity contribution in [2.45, 2.75) is 59.9 Å². The molecule has 0 aliphatic carbocycles. The molecule has 1 unspecified atom stereocenters. The molecule has 21 heavy (non-hydrogen) atoms. The molecule has 0 amide bonds. The fourth-order valence-electron chi connectivity index (χ4n) is 2.83. The summed E-state index contributed by atoms with van der Waals surface area (Å²) < 4.78 is 6.11. The van der Waals surface area contributed by atoms with E-state index < -0.39 is 0 Å². The number of fused-ring (bicyclic) bond motifs is 1. The van der Waals surface area contributed by atoms with Gasteiger partial charge in [-0.25, -0.2) is 0 Å². The molecule has 2 nitrogen and oxygen atoms in total. The van der Waals surface area contributed by atoms with Crippen LogP contribution in [-0.4, -0.2) is 6.54 Å². The molecule has 0 aliphatic heterocycles. The van der Waals surface area contributed by atoms with Crippen LogP contribution in [0.3, 0.4) is 0 Å². The van der Waals surface area contributed by atoms with Crippen molar-refractivity contribution in [2.24, 2.45) is 5.41 Å². The monoisotopic (exact) mass is 287 g/mol. The lowest BCUT2D eigenvalue weighted by Crippen LogP contribution is -2.31. The quantitative estimate of drug-likeness (QED) is 0.762. The molecule has 0 spiro atoms. The van der Waals surface area contributed by atoms with Gasteiger partial charge in [0.15, 0.2) is 0 Å². The molecule has 1 heterocycles. The molecule has 0 aliphatic rings. The average molecular weight is 287 g/mol. The number of hydrogen-bond acceptors (Lipinski definition) is 2. The lowest BCUT2D eigenvalue weighted by molar-refractivity contribution is 0.244. The highest BCUT2D eigenvalue weighted by Gasteiger charge is 2.28. The standard InChI is InChI=1S/C19H29NO/c1-6-8-9-14-10-11-16-15(12-14)13-17(21-16)18(20-7-2)19(3,4)5/h10-13,18,20H,6-9H2,1-5H3. The van der Waals surface area contributed by atoms with E-state index in [4.69, 9.17) is 4.42 Å². The Bertz CT molecular complexity index is 577. The first kappa shape index (κ1) is 16.1. The van der Waals surface area contributed by atoms with E-state index in [1.165, 1.54) is 23.8 Å². The second kappa shape index (κ2) is 6.65. The van der Waals surface area contributed by atoms with Gasteiger partial charge in [-0.2, -0.15) is 0 Å². The number of benzene rings is 1. The first-order valence-corrected chi connectivity index (χ1v) is 8.21. The fraction of sp³-hybridized carbons (Fsp3) is 0.579. The SMILES string of the molecule is CCCCc1ccc2oc(C(NCC)C(C)(C)C)cc2c1. The van der Waals surface area contributed by atoms with E-state index in [9.17, 15) is 0 Å². The highest BCUT2D eigenvalue weighted by atomic mass is 16.3. The van der Waals surface area contributed by atoms with Crippen molar-refractivity contribution in [3.05, 3.63) is 35.6 Å². The Morgan fingerprint density at radius 3 is 2.52 bits per heavy atom. The van der Waals surface area contributed by atoms with Crippen molar-refractivity contribution in [1.82, 2.24) is 5.32 Å². The Labute approximate surface area is 128 Å². The molecular weight excluding hydrogens is 258 g/mol. The zero-order chi connectivity index (χ0) is 15.5. The van der Waals surface area contributed by atoms with Crippen molar-refractivity contribution >= 4 is 11.0 Å². The van der Waals surface area contributed by atoms with Gasteiger partial charge in [-0.15, -0.1) is 0 Å². The Balaban J connectivity index is 2.32. The third kappa shape index (κ3) is 3.88. The normalized spacial score (nSPS) is 13.8. The third-order valence-electron chi connectivity index (χ3n) is 3.98. The molecule has 2 rings (SSSR count). The molecule has 0 fully saturated rings. The van der Waals surface area contributed by atoms with Crippen molar-refractivity contribution in [3.8, 4) is 0 Å². The van der Waals surface area contributed by atoms with Crippen LogP contribution in [0.1, 0.15) is 64.8 Å². The van der Waals surface area contributed by atoms with E-state index >= 15 is 0 Å². The third-order valence-corrected chi connectivity index (χ3v) is 3.98. The molecule has 0 saturated carbocycles. The maximum absolute atomic E-state index is 6.11. The molecule has 1 aromatic heterocycles. The van der Waals surface area contributed by atoms with Crippen molar-refractivity contribution in [3.63, 3.8) is 0 Å². The van der Waals surface area contributed by atoms with Crippen LogP contribution in [0, 0.1) is 5.41 Å². The summed E-state index contributed by atoms with van der Waals surface area (Å²) in [6, 6.07) is 9.06. The molecule has 0 saturated heterocycles. The predicted molar refractivity (Wildman–Crippen MR) is 90.7 cm³/mol. The van der Waals surface area contributed by atoms with Crippen LogP contribution in [0.25, 0.3) is 11.0 Å². The van der Waals surface area contributed by atoms with Gasteiger partial charge in [-0.1, -0.05) is 47.1 Å². The summed E-state index contributed by atoms with van der Waals surface area (Å²) in [5.41, 5.74) is 2.54. The summed E-state index contributed by atoms with van der Waals surface area (Å²) in [7, 11) is 0. The smallest absolute Gasteiger partial charge is 0.134 e. The summed E-state index contributed by atoms with van der Waals surface area (Å²) >= 11 is 0. The minimum absolute atomic E-state index is 0.134. The van der Waals surface area contributed by atoms with Gasteiger partial charge in [-0.05, 0) is 48.6 Å². The van der Waals surface area contributed by atoms with E-state index in [1.807, 2.05) is 0 Å². The van der Waals surface area contributed by atoms with E-state index in [-0.39, 0.29) is 11.5 Å². The Morgan fingerprint density at radius 1 is 1.14 bits per heavy atom. The lowest BCUT2D eigenvalue weighted by Gasteiger charge is -2.29. The highest BCUT2D eigenvalue weighted by molar-refractivity contribution is 5.78. The molecule has 0 bridgehead atoms. The van der Waals surface area contributed by atoms with Crippen LogP contribution in [0.4, 0.5) is 0 Å². The molecule has 1 aromatic carbocycles. The van der Waals surface area contributed by atoms with Gasteiger partial charge in [0.05, 0.1) is 6.04 Å². The van der Waals surface area contributed by atoms with Crippen LogP contribution in [0.2, 0.25) is 0 Å². The van der Waals surface area contributed by atoms with E-state index in [0.717, 1.165) is 24.3 Å². The van der Waals surface area contributed by atoms with E-state index in [2.05, 4.69) is 64.2 Å². The Hall–Kier alpha value is -1.28. The summed E-state index contributed by atoms with van der Waals surface area (Å²) in [5.74, 6) is 1.05. The van der Waals surface area contributed by atoms with Gasteiger partial charge < -0.3 is 9.73 Å². The Kier molecular flexibility index (Phi) is 5.10. The maximum atomic E-state index is 6.11. The lowest BCUT2D eigenvalue weighted by atomic mass is 9.85. The second-order valence-electron chi connectivity index (χ2n) is 6.98. The van der Waals surface area contributed by atoms with Crippen molar-refractivity contribution < 1.29 is 4.42 Å². The molecule has 0 radical (unpaired) electrons. The molecule has 1 N–H and O–H groups in total. The first-order valence-electron chi connectivity index (χ1n) is 8.21. The van der Waals surface area contributed by atoms with Gasteiger partial charge in [0, 0.05) is 5.39 Å². The first-order chi connectivity index (χ1) is 9.95. The number of nitrogens with one attached hydrogen (secondary N) is 1. The predicted octanol–water partition coefficient (Wildman–Crippen LogP) is 5.47. The number of unbranched alkanes of at least 4 members (excludes halogenated alkanes) is 1. The minimum Gasteiger partial charge on any atom is -0.459 e. The molecule has 1 atom stereocenters. The summed E-state index contributed by atoms with van der Waals surface area (Å²) in [4.78, 5) is 0. The second-order valence-corrected chi connectivity index (χ2v) is 6.98. The summed E-state index contributed by atoms with van der Waals surface area (Å²) in [6.45, 7) is 12.1. The van der Waals surface area contributed by atoms with Gasteiger partial charge >= 0.3 is 0 Å². The Morgan fingerprint density at radius 2 is 1.90 bits per heavy atom. The number of hydrogen-bond donors (Lipinski definition) is 1. The molecule has 116 valence electrons. The van der Waals surface area contributed by atoms with Gasteiger partial charge in [0.2, 0.25) is 0 Å². The van der Waals surface area contributed by atoms with Gasteiger partial charge in [-0.3, -0.25) is 0 Å². The summed E-state index contributed by atoms with van der Waals surface area (Å²) in [5, 5.41) is 4.78. The van der Waals surface area contributed by atoms with Crippen molar-refractivity contribution in [1.29, 1.82) is 0 Å². The topological polar surface area (TPSA) is 25.2 Å². The molecule has 2 aromatic rings. The fourth-order valence-corrected chi connectivity index (χ4v) is 2.83. The van der Waals surface area contributed by atoms with Crippen LogP contribution in [-0.2, 0) is 6.42 Å². The van der Waals surface area contributed by atoms with E-state index in [0.29, 0.717) is 0 Å². The zero-order valence-corrected chi connectivity index (χ0v) is 14.1. The number of rotatable bonds is 6. The van der Waals surface area contributed by atoms with Gasteiger partial charge in [0.25, 0.3) is 0 Å². The van der Waals surface area contributed by atoms with Crippen LogP contribution >= 0.6 is 0 Å². The van der Waals surface area contributed by atoms with Crippen LogP contribution < -0.4 is 5.32 Å². The number of furan rings is 1. The minimum atomic E-state index is 0.134. The average Bonchev–Trinajstić information content (AvgIpc) is 2.83. The zero-order valence-electron chi connectivity index (χ0n) is 14.1. The molecular formula is C19H29NO. The van der Waals surface area contributed by atoms with Crippen molar-refractivity contribution in [2.75, 3.05) is 6.54 Å². The number of aryl methyl sites for hydroxylation is 1.